The molecular formula is C7H3BrClOSe. The molecule has 0 aromatic heterocycles. The van der Waals surface area contributed by atoms with E-state index in [1.807, 2.05) is 6.07 Å². The number of benzene rings is 1. The van der Waals surface area contributed by atoms with E-state index in [0.29, 0.717) is 5.56 Å². The maximum atomic E-state index is 10.7. The predicted molar refractivity (Wildman–Crippen MR) is 49.7 cm³/mol. The van der Waals surface area contributed by atoms with E-state index in [9.17, 15) is 4.79 Å². The first-order chi connectivity index (χ1) is 5.11. The number of rotatable bonds is 1. The van der Waals surface area contributed by atoms with Gasteiger partial charge in [-0.05, 0) is 0 Å². The van der Waals surface area contributed by atoms with E-state index in [1.165, 1.54) is 0 Å². The van der Waals surface area contributed by atoms with Crippen LogP contribution >= 0.6 is 27.5 Å². The Morgan fingerprint density at radius 3 is 2.64 bits per heavy atom. The third kappa shape index (κ3) is 2.31. The van der Waals surface area contributed by atoms with Crippen LogP contribution in [0.4, 0.5) is 0 Å². The fourth-order valence-electron chi connectivity index (χ4n) is 0.656. The van der Waals surface area contributed by atoms with Crippen molar-refractivity contribution >= 4 is 53.2 Å². The molecule has 0 spiro atoms. The Balaban J connectivity index is 3.23. The van der Waals surface area contributed by atoms with Crippen LogP contribution in [-0.4, -0.2) is 21.3 Å². The van der Waals surface area contributed by atoms with E-state index >= 15 is 0 Å². The molecule has 0 aliphatic carbocycles. The van der Waals surface area contributed by atoms with Crippen LogP contribution in [0.5, 0.6) is 0 Å². The van der Waals surface area contributed by atoms with Gasteiger partial charge in [0.2, 0.25) is 0 Å². The van der Waals surface area contributed by atoms with E-state index < -0.39 is 5.24 Å². The molecule has 0 saturated heterocycles. The summed E-state index contributed by atoms with van der Waals surface area (Å²) in [7, 11) is 0. The molecule has 57 valence electrons. The van der Waals surface area contributed by atoms with Crippen molar-refractivity contribution in [1.29, 1.82) is 0 Å². The van der Waals surface area contributed by atoms with Crippen molar-refractivity contribution in [3.8, 4) is 0 Å². The van der Waals surface area contributed by atoms with Gasteiger partial charge in [-0.25, -0.2) is 0 Å². The number of carbonyl (C=O) groups excluding carboxylic acids is 1. The molecule has 11 heavy (non-hydrogen) atoms. The van der Waals surface area contributed by atoms with Gasteiger partial charge in [0.25, 0.3) is 0 Å². The molecule has 1 aromatic rings. The first-order valence-corrected chi connectivity index (χ1v) is 4.80. The van der Waals surface area contributed by atoms with Crippen LogP contribution in [0.3, 0.4) is 0 Å². The van der Waals surface area contributed by atoms with Crippen molar-refractivity contribution in [2.75, 3.05) is 0 Å². The minimum atomic E-state index is -0.444. The zero-order valence-corrected chi connectivity index (χ0v) is 9.36. The fourth-order valence-corrected chi connectivity index (χ4v) is 1.76. The Bertz CT molecular complexity index is 300. The summed E-state index contributed by atoms with van der Waals surface area (Å²) in [5, 5.41) is -0.444. The third-order valence-electron chi connectivity index (χ3n) is 1.15. The van der Waals surface area contributed by atoms with Gasteiger partial charge in [-0.1, -0.05) is 0 Å². The summed E-state index contributed by atoms with van der Waals surface area (Å²) in [6.45, 7) is 0. The Morgan fingerprint density at radius 1 is 1.55 bits per heavy atom. The van der Waals surface area contributed by atoms with Crippen molar-refractivity contribution in [3.05, 3.63) is 28.2 Å². The average molecular weight is 297 g/mol. The molecule has 1 nitrogen and oxygen atoms in total. The van der Waals surface area contributed by atoms with Crippen LogP contribution in [0, 0.1) is 0 Å². The average Bonchev–Trinajstić information content (AvgIpc) is 1.94. The second-order valence-electron chi connectivity index (χ2n) is 1.91. The minimum absolute atomic E-state index is 0.444. The van der Waals surface area contributed by atoms with E-state index in [1.54, 1.807) is 12.1 Å². The molecule has 0 aliphatic heterocycles. The molecule has 0 unspecified atom stereocenters. The SMILES string of the molecule is O=C(Cl)c1cc(Br)ccc1[Se]. The number of hydrogen-bond donors (Lipinski definition) is 0. The summed E-state index contributed by atoms with van der Waals surface area (Å²) < 4.78 is 1.62. The number of hydrogen-bond acceptors (Lipinski definition) is 1. The topological polar surface area (TPSA) is 17.1 Å². The van der Waals surface area contributed by atoms with Gasteiger partial charge in [0, 0.05) is 0 Å². The zero-order valence-electron chi connectivity index (χ0n) is 5.30. The predicted octanol–water partition coefficient (Wildman–Crippen LogP) is 1.62. The van der Waals surface area contributed by atoms with Gasteiger partial charge in [-0.2, -0.15) is 0 Å². The van der Waals surface area contributed by atoms with Crippen molar-refractivity contribution in [2.24, 2.45) is 0 Å². The Labute approximate surface area is 86.1 Å². The standard InChI is InChI=1S/C7H3BrClOSe/c8-4-1-2-6(11)5(3-4)7(9)10/h1-3H. The van der Waals surface area contributed by atoms with E-state index in [4.69, 9.17) is 11.6 Å². The van der Waals surface area contributed by atoms with Gasteiger partial charge >= 0.3 is 86.3 Å². The van der Waals surface area contributed by atoms with Crippen LogP contribution in [-0.2, 0) is 0 Å². The second kappa shape index (κ2) is 3.72. The second-order valence-corrected chi connectivity index (χ2v) is 4.10. The molecule has 0 saturated carbocycles. The quantitative estimate of drug-likeness (QED) is 0.569. The van der Waals surface area contributed by atoms with Crippen molar-refractivity contribution in [2.45, 2.75) is 0 Å². The molecule has 0 atom stereocenters. The van der Waals surface area contributed by atoms with Crippen molar-refractivity contribution in [3.63, 3.8) is 0 Å². The van der Waals surface area contributed by atoms with Crippen LogP contribution in [0.2, 0.25) is 0 Å². The molecule has 0 heterocycles. The molecule has 0 N–H and O–H groups in total. The molecular weight excluding hydrogens is 294 g/mol. The van der Waals surface area contributed by atoms with E-state index in [-0.39, 0.29) is 0 Å². The molecule has 1 rings (SSSR count). The normalized spacial score (nSPS) is 9.64. The number of carbonyl (C=O) groups is 1. The van der Waals surface area contributed by atoms with Gasteiger partial charge in [-0.3, -0.25) is 0 Å². The molecule has 0 bridgehead atoms. The maximum absolute atomic E-state index is 10.7. The summed E-state index contributed by atoms with van der Waals surface area (Å²) in [6, 6.07) is 5.32. The van der Waals surface area contributed by atoms with Crippen LogP contribution in [0.25, 0.3) is 0 Å². The van der Waals surface area contributed by atoms with Crippen LogP contribution in [0.15, 0.2) is 22.7 Å². The molecule has 4 heteroatoms. The Hall–Kier alpha value is 0.179. The van der Waals surface area contributed by atoms with Crippen molar-refractivity contribution < 1.29 is 4.79 Å². The van der Waals surface area contributed by atoms with Gasteiger partial charge in [-0.15, -0.1) is 0 Å². The van der Waals surface area contributed by atoms with Crippen LogP contribution in [0.1, 0.15) is 10.4 Å². The van der Waals surface area contributed by atoms with Gasteiger partial charge in [0.15, 0.2) is 0 Å². The third-order valence-corrected chi connectivity index (χ3v) is 2.60. The van der Waals surface area contributed by atoms with E-state index in [2.05, 4.69) is 31.9 Å². The van der Waals surface area contributed by atoms with Gasteiger partial charge < -0.3 is 0 Å². The first-order valence-electron chi connectivity index (χ1n) is 2.77. The molecule has 1 aromatic carbocycles. The van der Waals surface area contributed by atoms with Gasteiger partial charge in [0.1, 0.15) is 0 Å². The summed E-state index contributed by atoms with van der Waals surface area (Å²) in [6.07, 6.45) is 0. The van der Waals surface area contributed by atoms with Gasteiger partial charge in [0.05, 0.1) is 0 Å². The summed E-state index contributed by atoms with van der Waals surface area (Å²) in [5.74, 6) is 0. The van der Waals surface area contributed by atoms with E-state index in [0.717, 1.165) is 8.93 Å². The summed E-state index contributed by atoms with van der Waals surface area (Å²) in [4.78, 5) is 10.7. The Morgan fingerprint density at radius 2 is 2.18 bits per heavy atom. The molecule has 0 aliphatic rings. The zero-order chi connectivity index (χ0) is 8.43. The molecule has 0 fully saturated rings. The monoisotopic (exact) mass is 297 g/mol. The van der Waals surface area contributed by atoms with Crippen molar-refractivity contribution in [1.82, 2.24) is 0 Å². The fraction of sp³-hybridized carbons (Fsp3) is 0. The Kier molecular flexibility index (Phi) is 3.14. The summed E-state index contributed by atoms with van der Waals surface area (Å²) >= 11 is 11.3. The first kappa shape index (κ1) is 9.27. The molecule has 0 amide bonds. The van der Waals surface area contributed by atoms with Crippen LogP contribution < -0.4 is 4.46 Å². The summed E-state index contributed by atoms with van der Waals surface area (Å²) in [5.41, 5.74) is 0.501. The molecule has 1 radical (unpaired) electrons. The number of halogens is 2.